The molecule has 0 aliphatic carbocycles. The molecule has 2 heteroatoms. The van der Waals surface area contributed by atoms with Crippen LogP contribution in [0.25, 0.3) is 6.08 Å². The molecular formula is C9H8FO. The molecule has 0 spiro atoms. The van der Waals surface area contributed by atoms with Crippen LogP contribution in [0.4, 0.5) is 4.39 Å². The van der Waals surface area contributed by atoms with Crippen LogP contribution in [0.5, 0.6) is 0 Å². The molecule has 1 aromatic rings. The van der Waals surface area contributed by atoms with Crippen molar-refractivity contribution in [1.29, 1.82) is 0 Å². The van der Waals surface area contributed by atoms with Crippen LogP contribution in [-0.4, -0.2) is 6.61 Å². The zero-order valence-corrected chi connectivity index (χ0v) is 5.96. The fourth-order valence-corrected chi connectivity index (χ4v) is 0.785. The van der Waals surface area contributed by atoms with E-state index in [1.807, 2.05) is 0 Å². The van der Waals surface area contributed by atoms with Crippen LogP contribution in [0.1, 0.15) is 5.56 Å². The van der Waals surface area contributed by atoms with Gasteiger partial charge in [0.05, 0.1) is 0 Å². The van der Waals surface area contributed by atoms with E-state index in [2.05, 4.69) is 0 Å². The van der Waals surface area contributed by atoms with Gasteiger partial charge in [-0.3, -0.25) is 0 Å². The van der Waals surface area contributed by atoms with E-state index in [4.69, 9.17) is 0 Å². The lowest BCUT2D eigenvalue weighted by molar-refractivity contribution is 0.233. The first-order valence-electron chi connectivity index (χ1n) is 3.34. The Kier molecular flexibility index (Phi) is 2.81. The maximum Gasteiger partial charge on any atom is 0.130 e. The first kappa shape index (κ1) is 7.95. The topological polar surface area (TPSA) is 19.9 Å². The minimum atomic E-state index is -0.311. The van der Waals surface area contributed by atoms with E-state index in [1.54, 1.807) is 18.2 Å². The Morgan fingerprint density at radius 3 is 2.73 bits per heavy atom. The standard InChI is InChI=1S/C9H8FO/c10-9-6-2-1-4-8(9)5-3-7-11/h1-6H,7H2. The second-order valence-electron chi connectivity index (χ2n) is 2.09. The molecule has 0 unspecified atom stereocenters. The first-order chi connectivity index (χ1) is 5.34. The van der Waals surface area contributed by atoms with Gasteiger partial charge in [0.15, 0.2) is 0 Å². The lowest BCUT2D eigenvalue weighted by atomic mass is 10.2. The van der Waals surface area contributed by atoms with Gasteiger partial charge in [-0.15, -0.1) is 0 Å². The number of rotatable bonds is 2. The van der Waals surface area contributed by atoms with E-state index in [-0.39, 0.29) is 12.4 Å². The average molecular weight is 151 g/mol. The Hall–Kier alpha value is -1.15. The van der Waals surface area contributed by atoms with Crippen molar-refractivity contribution in [2.24, 2.45) is 0 Å². The number of hydrogen-bond acceptors (Lipinski definition) is 0. The van der Waals surface area contributed by atoms with Crippen molar-refractivity contribution in [1.82, 2.24) is 0 Å². The normalized spacial score (nSPS) is 10.7. The number of hydrogen-bond donors (Lipinski definition) is 0. The third-order valence-electron chi connectivity index (χ3n) is 1.30. The van der Waals surface area contributed by atoms with Crippen molar-refractivity contribution in [2.75, 3.05) is 6.61 Å². The summed E-state index contributed by atoms with van der Waals surface area (Å²) in [5.41, 5.74) is 0.461. The van der Waals surface area contributed by atoms with E-state index in [0.717, 1.165) is 0 Å². The molecule has 0 saturated carbocycles. The molecule has 0 N–H and O–H groups in total. The van der Waals surface area contributed by atoms with Crippen LogP contribution < -0.4 is 0 Å². The molecule has 1 rings (SSSR count). The summed E-state index contributed by atoms with van der Waals surface area (Å²) in [4.78, 5) is 0. The molecule has 11 heavy (non-hydrogen) atoms. The maximum atomic E-state index is 12.8. The molecule has 0 aliphatic rings. The maximum absolute atomic E-state index is 12.8. The minimum absolute atomic E-state index is 0.294. The minimum Gasteiger partial charge on any atom is -0.232 e. The second kappa shape index (κ2) is 3.88. The summed E-state index contributed by atoms with van der Waals surface area (Å²) in [6.07, 6.45) is 2.88. The summed E-state index contributed by atoms with van der Waals surface area (Å²) in [6, 6.07) is 6.34. The van der Waals surface area contributed by atoms with Crippen molar-refractivity contribution in [3.05, 3.63) is 41.7 Å². The van der Waals surface area contributed by atoms with Gasteiger partial charge in [0.1, 0.15) is 12.4 Å². The Morgan fingerprint density at radius 2 is 2.09 bits per heavy atom. The molecule has 1 aromatic carbocycles. The number of benzene rings is 1. The zero-order chi connectivity index (χ0) is 8.10. The third kappa shape index (κ3) is 2.16. The molecule has 0 saturated heterocycles. The summed E-state index contributed by atoms with van der Waals surface area (Å²) in [5, 5.41) is 10.0. The van der Waals surface area contributed by atoms with Gasteiger partial charge >= 0.3 is 0 Å². The van der Waals surface area contributed by atoms with Crippen LogP contribution in [0.3, 0.4) is 0 Å². The van der Waals surface area contributed by atoms with Crippen LogP contribution >= 0.6 is 0 Å². The van der Waals surface area contributed by atoms with Gasteiger partial charge in [0.25, 0.3) is 0 Å². The molecule has 0 bridgehead atoms. The van der Waals surface area contributed by atoms with E-state index >= 15 is 0 Å². The van der Waals surface area contributed by atoms with E-state index in [1.165, 1.54) is 18.2 Å². The molecule has 0 heterocycles. The lowest BCUT2D eigenvalue weighted by Crippen LogP contribution is -1.79. The van der Waals surface area contributed by atoms with Crippen LogP contribution in [0.2, 0.25) is 0 Å². The van der Waals surface area contributed by atoms with E-state index in [9.17, 15) is 9.50 Å². The molecular weight excluding hydrogens is 143 g/mol. The van der Waals surface area contributed by atoms with Crippen molar-refractivity contribution in [3.63, 3.8) is 0 Å². The van der Waals surface area contributed by atoms with Crippen molar-refractivity contribution in [2.45, 2.75) is 0 Å². The molecule has 57 valence electrons. The number of halogens is 1. The van der Waals surface area contributed by atoms with E-state index in [0.29, 0.717) is 5.56 Å². The summed E-state index contributed by atoms with van der Waals surface area (Å²) in [7, 11) is 0. The van der Waals surface area contributed by atoms with Gasteiger partial charge in [0, 0.05) is 5.56 Å². The highest BCUT2D eigenvalue weighted by Crippen LogP contribution is 2.07. The molecule has 0 amide bonds. The van der Waals surface area contributed by atoms with Gasteiger partial charge in [-0.1, -0.05) is 30.4 Å². The largest absolute Gasteiger partial charge is 0.232 e. The van der Waals surface area contributed by atoms with Gasteiger partial charge in [0.2, 0.25) is 0 Å². The fourth-order valence-electron chi connectivity index (χ4n) is 0.785. The van der Waals surface area contributed by atoms with Crippen LogP contribution in [0.15, 0.2) is 30.3 Å². The molecule has 0 aromatic heterocycles. The highest BCUT2D eigenvalue weighted by Gasteiger charge is 1.93. The molecule has 0 fully saturated rings. The highest BCUT2D eigenvalue weighted by atomic mass is 19.1. The molecule has 0 aliphatic heterocycles. The zero-order valence-electron chi connectivity index (χ0n) is 5.96. The third-order valence-corrected chi connectivity index (χ3v) is 1.30. The molecule has 0 atom stereocenters. The van der Waals surface area contributed by atoms with E-state index < -0.39 is 0 Å². The highest BCUT2D eigenvalue weighted by molar-refractivity contribution is 5.49. The first-order valence-corrected chi connectivity index (χ1v) is 3.34. The van der Waals surface area contributed by atoms with Crippen LogP contribution in [0, 0.1) is 5.82 Å². The summed E-state index contributed by atoms with van der Waals surface area (Å²) in [6.45, 7) is -0.311. The monoisotopic (exact) mass is 151 g/mol. The van der Waals surface area contributed by atoms with Gasteiger partial charge in [-0.2, -0.15) is 0 Å². The predicted molar refractivity (Wildman–Crippen MR) is 41.0 cm³/mol. The molecule has 1 nitrogen and oxygen atoms in total. The van der Waals surface area contributed by atoms with Crippen LogP contribution in [-0.2, 0) is 5.11 Å². The Morgan fingerprint density at radius 1 is 1.36 bits per heavy atom. The summed E-state index contributed by atoms with van der Waals surface area (Å²) in [5.74, 6) is -0.294. The SMILES string of the molecule is [O]CC=Cc1ccccc1F. The Labute approximate surface area is 64.8 Å². The molecule has 1 radical (unpaired) electrons. The fraction of sp³-hybridized carbons (Fsp3) is 0.111. The predicted octanol–water partition coefficient (Wildman–Crippen LogP) is 2.27. The lowest BCUT2D eigenvalue weighted by Gasteiger charge is -1.92. The Bertz CT molecular complexity index is 255. The second-order valence-corrected chi connectivity index (χ2v) is 2.09. The van der Waals surface area contributed by atoms with Gasteiger partial charge in [-0.25, -0.2) is 9.50 Å². The van der Waals surface area contributed by atoms with Crippen molar-refractivity contribution in [3.8, 4) is 0 Å². The quantitative estimate of drug-likeness (QED) is 0.618. The summed E-state index contributed by atoms with van der Waals surface area (Å²) < 4.78 is 12.8. The average Bonchev–Trinajstić information content (AvgIpc) is 2.03. The van der Waals surface area contributed by atoms with Gasteiger partial charge < -0.3 is 0 Å². The smallest absolute Gasteiger partial charge is 0.130 e. The van der Waals surface area contributed by atoms with Gasteiger partial charge in [-0.05, 0) is 6.07 Å². The van der Waals surface area contributed by atoms with Crippen molar-refractivity contribution >= 4 is 6.08 Å². The summed E-state index contributed by atoms with van der Waals surface area (Å²) >= 11 is 0. The van der Waals surface area contributed by atoms with Crippen molar-refractivity contribution < 1.29 is 9.50 Å². The Balaban J connectivity index is 2.86.